The molecule has 0 radical (unpaired) electrons. The van der Waals surface area contributed by atoms with Crippen LogP contribution in [0.15, 0.2) is 24.3 Å². The monoisotopic (exact) mass is 302 g/mol. The van der Waals surface area contributed by atoms with Gasteiger partial charge >= 0.3 is 0 Å². The van der Waals surface area contributed by atoms with Crippen LogP contribution in [0.1, 0.15) is 48.7 Å². The number of thiophene rings is 1. The highest BCUT2D eigenvalue weighted by molar-refractivity contribution is 7.21. The molecule has 3 nitrogen and oxygen atoms in total. The number of fused-ring (bicyclic) bond motifs is 1. The Hall–Kier alpha value is -1.55. The van der Waals surface area contributed by atoms with E-state index >= 15 is 0 Å². The SMILES string of the molecule is CCC1(CNC(=O)c2sc3ccccc3c2N)CCCC1. The average molecular weight is 302 g/mol. The Bertz CT molecular complexity index is 656. The predicted octanol–water partition coefficient (Wildman–Crippen LogP) is 4.18. The van der Waals surface area contributed by atoms with Gasteiger partial charge in [-0.2, -0.15) is 0 Å². The van der Waals surface area contributed by atoms with Gasteiger partial charge in [0.15, 0.2) is 0 Å². The summed E-state index contributed by atoms with van der Waals surface area (Å²) in [6.07, 6.45) is 6.16. The molecule has 1 amide bonds. The predicted molar refractivity (Wildman–Crippen MR) is 89.8 cm³/mol. The number of amides is 1. The number of rotatable bonds is 4. The zero-order valence-electron chi connectivity index (χ0n) is 12.4. The molecule has 0 spiro atoms. The summed E-state index contributed by atoms with van der Waals surface area (Å²) in [5.41, 5.74) is 7.06. The Morgan fingerprint density at radius 1 is 1.33 bits per heavy atom. The van der Waals surface area contributed by atoms with Crippen molar-refractivity contribution in [3.8, 4) is 0 Å². The quantitative estimate of drug-likeness (QED) is 0.890. The van der Waals surface area contributed by atoms with Crippen molar-refractivity contribution < 1.29 is 4.79 Å². The molecule has 1 aromatic carbocycles. The van der Waals surface area contributed by atoms with Gasteiger partial charge in [0.25, 0.3) is 5.91 Å². The summed E-state index contributed by atoms with van der Waals surface area (Å²) in [4.78, 5) is 13.1. The van der Waals surface area contributed by atoms with E-state index in [0.29, 0.717) is 16.0 Å². The maximum atomic E-state index is 12.5. The Kier molecular flexibility index (Phi) is 3.89. The first-order valence-electron chi connectivity index (χ1n) is 7.70. The smallest absolute Gasteiger partial charge is 0.263 e. The molecule has 0 bridgehead atoms. The van der Waals surface area contributed by atoms with Gasteiger partial charge in [-0.25, -0.2) is 0 Å². The first kappa shape index (κ1) is 14.4. The number of hydrogen-bond donors (Lipinski definition) is 2. The molecule has 0 aliphatic heterocycles. The van der Waals surface area contributed by atoms with Crippen LogP contribution < -0.4 is 11.1 Å². The fourth-order valence-corrected chi connectivity index (χ4v) is 4.40. The van der Waals surface area contributed by atoms with Crippen LogP contribution in [-0.2, 0) is 0 Å². The van der Waals surface area contributed by atoms with E-state index in [9.17, 15) is 4.79 Å². The van der Waals surface area contributed by atoms with E-state index < -0.39 is 0 Å². The largest absolute Gasteiger partial charge is 0.397 e. The van der Waals surface area contributed by atoms with Crippen molar-refractivity contribution in [1.29, 1.82) is 0 Å². The van der Waals surface area contributed by atoms with Crippen LogP contribution in [0.3, 0.4) is 0 Å². The highest BCUT2D eigenvalue weighted by Gasteiger charge is 2.32. The highest BCUT2D eigenvalue weighted by Crippen LogP contribution is 2.40. The maximum absolute atomic E-state index is 12.5. The van der Waals surface area contributed by atoms with Crippen molar-refractivity contribution in [1.82, 2.24) is 5.32 Å². The van der Waals surface area contributed by atoms with Gasteiger partial charge in [0.05, 0.1) is 5.69 Å². The summed E-state index contributed by atoms with van der Waals surface area (Å²) < 4.78 is 1.08. The molecule has 3 rings (SSSR count). The fourth-order valence-electron chi connectivity index (χ4n) is 3.36. The molecule has 2 aromatic rings. The van der Waals surface area contributed by atoms with Gasteiger partial charge < -0.3 is 11.1 Å². The first-order valence-corrected chi connectivity index (χ1v) is 8.52. The molecule has 0 atom stereocenters. The van der Waals surface area contributed by atoms with Crippen molar-refractivity contribution in [3.63, 3.8) is 0 Å². The van der Waals surface area contributed by atoms with Crippen LogP contribution in [0.4, 0.5) is 5.69 Å². The summed E-state index contributed by atoms with van der Waals surface area (Å²) in [5.74, 6) is -0.0200. The lowest BCUT2D eigenvalue weighted by atomic mass is 9.83. The molecule has 0 saturated heterocycles. The molecule has 4 heteroatoms. The van der Waals surface area contributed by atoms with E-state index in [4.69, 9.17) is 5.73 Å². The lowest BCUT2D eigenvalue weighted by molar-refractivity contribution is 0.0933. The minimum absolute atomic E-state index is 0.0200. The molecule has 3 N–H and O–H groups in total. The highest BCUT2D eigenvalue weighted by atomic mass is 32.1. The number of carbonyl (C=O) groups is 1. The number of carbonyl (C=O) groups excluding carboxylic acids is 1. The molecule has 1 aliphatic carbocycles. The van der Waals surface area contributed by atoms with Gasteiger partial charge in [-0.15, -0.1) is 11.3 Å². The van der Waals surface area contributed by atoms with Gasteiger partial charge in [0.1, 0.15) is 4.88 Å². The summed E-state index contributed by atoms with van der Waals surface area (Å²) in [7, 11) is 0. The van der Waals surface area contributed by atoms with Gasteiger partial charge in [0.2, 0.25) is 0 Å². The summed E-state index contributed by atoms with van der Waals surface area (Å²) >= 11 is 1.48. The van der Waals surface area contributed by atoms with E-state index in [1.807, 2.05) is 24.3 Å². The van der Waals surface area contributed by atoms with Gasteiger partial charge in [-0.05, 0) is 30.7 Å². The second-order valence-electron chi connectivity index (χ2n) is 6.08. The number of nitrogen functional groups attached to an aromatic ring is 1. The van der Waals surface area contributed by atoms with Crippen molar-refractivity contribution in [2.75, 3.05) is 12.3 Å². The normalized spacial score (nSPS) is 17.2. The molecule has 1 aliphatic rings. The van der Waals surface area contributed by atoms with Gasteiger partial charge in [0, 0.05) is 16.6 Å². The van der Waals surface area contributed by atoms with Crippen LogP contribution in [0.2, 0.25) is 0 Å². The number of anilines is 1. The molecular formula is C17H22N2OS. The van der Waals surface area contributed by atoms with E-state index in [1.165, 1.54) is 37.0 Å². The molecule has 1 heterocycles. The van der Waals surface area contributed by atoms with Crippen molar-refractivity contribution in [2.24, 2.45) is 5.41 Å². The Labute approximate surface area is 129 Å². The van der Waals surface area contributed by atoms with Crippen LogP contribution in [0.25, 0.3) is 10.1 Å². The number of nitrogens with two attached hydrogens (primary N) is 1. The van der Waals surface area contributed by atoms with Crippen molar-refractivity contribution in [2.45, 2.75) is 39.0 Å². The zero-order valence-corrected chi connectivity index (χ0v) is 13.3. The third kappa shape index (κ3) is 2.64. The summed E-state index contributed by atoms with van der Waals surface area (Å²) in [5, 5.41) is 4.11. The third-order valence-electron chi connectivity index (χ3n) is 4.88. The van der Waals surface area contributed by atoms with Crippen LogP contribution in [0, 0.1) is 5.41 Å². The second-order valence-corrected chi connectivity index (χ2v) is 7.14. The molecular weight excluding hydrogens is 280 g/mol. The summed E-state index contributed by atoms with van der Waals surface area (Å²) in [6.45, 7) is 3.00. The van der Waals surface area contributed by atoms with Gasteiger partial charge in [-0.3, -0.25) is 4.79 Å². The van der Waals surface area contributed by atoms with Crippen LogP contribution in [0.5, 0.6) is 0 Å². The fraction of sp³-hybridized carbons (Fsp3) is 0.471. The summed E-state index contributed by atoms with van der Waals surface area (Å²) in [6, 6.07) is 7.92. The third-order valence-corrected chi connectivity index (χ3v) is 6.06. The molecule has 112 valence electrons. The minimum atomic E-state index is -0.0200. The standard InChI is InChI=1S/C17H22N2OS/c1-2-17(9-5-6-10-17)11-19-16(20)15-14(18)12-7-3-4-8-13(12)21-15/h3-4,7-8H,2,5-6,9-11,18H2,1H3,(H,19,20). The molecule has 1 saturated carbocycles. The zero-order chi connectivity index (χ0) is 14.9. The molecule has 1 aromatic heterocycles. The van der Waals surface area contributed by atoms with Gasteiger partial charge in [-0.1, -0.05) is 38.0 Å². The molecule has 21 heavy (non-hydrogen) atoms. The molecule has 1 fully saturated rings. The average Bonchev–Trinajstić information content (AvgIpc) is 3.11. The Balaban J connectivity index is 1.76. The number of benzene rings is 1. The van der Waals surface area contributed by atoms with Crippen molar-refractivity contribution >= 4 is 33.0 Å². The Morgan fingerprint density at radius 2 is 2.05 bits per heavy atom. The van der Waals surface area contributed by atoms with Crippen molar-refractivity contribution in [3.05, 3.63) is 29.1 Å². The second kappa shape index (κ2) is 5.68. The molecule has 0 unspecified atom stereocenters. The van der Waals surface area contributed by atoms with E-state index in [0.717, 1.165) is 23.1 Å². The number of nitrogens with one attached hydrogen (secondary N) is 1. The first-order chi connectivity index (χ1) is 10.2. The lowest BCUT2D eigenvalue weighted by Gasteiger charge is -2.27. The maximum Gasteiger partial charge on any atom is 0.263 e. The lowest BCUT2D eigenvalue weighted by Crippen LogP contribution is -2.35. The van der Waals surface area contributed by atoms with E-state index in [1.54, 1.807) is 0 Å². The topological polar surface area (TPSA) is 55.1 Å². The number of hydrogen-bond acceptors (Lipinski definition) is 3. The minimum Gasteiger partial charge on any atom is -0.397 e. The van der Waals surface area contributed by atoms with Crippen LogP contribution >= 0.6 is 11.3 Å². The van der Waals surface area contributed by atoms with Crippen LogP contribution in [-0.4, -0.2) is 12.5 Å². The van der Waals surface area contributed by atoms with E-state index in [-0.39, 0.29) is 5.91 Å². The van der Waals surface area contributed by atoms with E-state index in [2.05, 4.69) is 12.2 Å². The Morgan fingerprint density at radius 3 is 2.71 bits per heavy atom.